The van der Waals surface area contributed by atoms with Gasteiger partial charge in [-0.25, -0.2) is 0 Å². The highest BCUT2D eigenvalue weighted by molar-refractivity contribution is 7.13. The Morgan fingerprint density at radius 3 is 2.05 bits per heavy atom. The zero-order valence-corrected chi connectivity index (χ0v) is 13.6. The molecule has 3 aromatic rings. The number of hydrogen-bond acceptors (Lipinski definition) is 2. The molecule has 1 heterocycles. The van der Waals surface area contributed by atoms with Gasteiger partial charge >= 0.3 is 0 Å². The van der Waals surface area contributed by atoms with E-state index in [9.17, 15) is 0 Å². The number of rotatable bonds is 6. The summed E-state index contributed by atoms with van der Waals surface area (Å²) in [5.41, 5.74) is 3.74. The van der Waals surface area contributed by atoms with E-state index >= 15 is 0 Å². The largest absolute Gasteiger partial charge is 0.494 e. The summed E-state index contributed by atoms with van der Waals surface area (Å²) in [6.07, 6.45) is 2.26. The van der Waals surface area contributed by atoms with Crippen molar-refractivity contribution >= 4 is 11.3 Å². The molecule has 0 radical (unpaired) electrons. The monoisotopic (exact) mass is 308 g/mol. The first-order valence-corrected chi connectivity index (χ1v) is 8.62. The van der Waals surface area contributed by atoms with Crippen LogP contribution in [-0.4, -0.2) is 6.61 Å². The van der Waals surface area contributed by atoms with Crippen molar-refractivity contribution in [3.8, 4) is 27.3 Å². The Balaban J connectivity index is 1.71. The van der Waals surface area contributed by atoms with Crippen LogP contribution in [-0.2, 0) is 0 Å². The van der Waals surface area contributed by atoms with Gasteiger partial charge in [0.25, 0.3) is 0 Å². The van der Waals surface area contributed by atoms with Gasteiger partial charge in [0.05, 0.1) is 6.61 Å². The Kier molecular flexibility index (Phi) is 4.92. The highest BCUT2D eigenvalue weighted by Crippen LogP contribution is 2.28. The lowest BCUT2D eigenvalue weighted by Gasteiger charge is -2.07. The Bertz CT molecular complexity index is 682. The van der Waals surface area contributed by atoms with E-state index in [1.165, 1.54) is 21.6 Å². The third-order valence-corrected chi connectivity index (χ3v) is 4.56. The minimum absolute atomic E-state index is 0.797. The summed E-state index contributed by atoms with van der Waals surface area (Å²) in [7, 11) is 0. The van der Waals surface area contributed by atoms with Crippen molar-refractivity contribution < 1.29 is 4.74 Å². The van der Waals surface area contributed by atoms with Crippen molar-refractivity contribution in [3.05, 3.63) is 66.0 Å². The maximum absolute atomic E-state index is 5.71. The van der Waals surface area contributed by atoms with Crippen molar-refractivity contribution in [2.45, 2.75) is 19.8 Å². The predicted molar refractivity (Wildman–Crippen MR) is 95.6 cm³/mol. The molecule has 0 saturated carbocycles. The van der Waals surface area contributed by atoms with Crippen LogP contribution in [0.2, 0.25) is 0 Å². The van der Waals surface area contributed by atoms with E-state index < -0.39 is 0 Å². The van der Waals surface area contributed by atoms with Gasteiger partial charge in [0, 0.05) is 4.88 Å². The molecular formula is C20H20OS. The molecule has 2 heteroatoms. The van der Waals surface area contributed by atoms with Crippen LogP contribution in [0.4, 0.5) is 0 Å². The third kappa shape index (κ3) is 3.58. The standard InChI is InChI=1S/C20H20OS/c1-2-3-14-21-19-12-10-17(11-13-19)16-6-8-18(9-7-16)20-5-4-15-22-20/h4-13,15H,2-3,14H2,1H3. The minimum Gasteiger partial charge on any atom is -0.494 e. The zero-order valence-electron chi connectivity index (χ0n) is 12.8. The van der Waals surface area contributed by atoms with Crippen LogP contribution >= 0.6 is 11.3 Å². The fourth-order valence-electron chi connectivity index (χ4n) is 2.35. The molecule has 1 aromatic heterocycles. The van der Waals surface area contributed by atoms with E-state index in [0.717, 1.165) is 25.2 Å². The minimum atomic E-state index is 0.797. The molecule has 22 heavy (non-hydrogen) atoms. The Morgan fingerprint density at radius 1 is 0.818 bits per heavy atom. The molecule has 112 valence electrons. The van der Waals surface area contributed by atoms with Gasteiger partial charge in [-0.15, -0.1) is 11.3 Å². The van der Waals surface area contributed by atoms with Crippen LogP contribution < -0.4 is 4.74 Å². The molecule has 0 spiro atoms. The lowest BCUT2D eigenvalue weighted by Crippen LogP contribution is -1.95. The van der Waals surface area contributed by atoms with E-state index in [4.69, 9.17) is 4.74 Å². The Labute approximate surface area is 136 Å². The Morgan fingerprint density at radius 2 is 1.45 bits per heavy atom. The van der Waals surface area contributed by atoms with E-state index in [2.05, 4.69) is 73.0 Å². The van der Waals surface area contributed by atoms with Gasteiger partial charge in [0.1, 0.15) is 5.75 Å². The van der Waals surface area contributed by atoms with Crippen LogP contribution in [0.15, 0.2) is 66.0 Å². The molecule has 2 aromatic carbocycles. The number of benzene rings is 2. The van der Waals surface area contributed by atoms with Crippen LogP contribution in [0, 0.1) is 0 Å². The van der Waals surface area contributed by atoms with Crippen molar-refractivity contribution in [1.82, 2.24) is 0 Å². The second-order valence-electron chi connectivity index (χ2n) is 5.28. The molecule has 0 atom stereocenters. The molecule has 0 N–H and O–H groups in total. The molecule has 0 aliphatic heterocycles. The number of unbranched alkanes of at least 4 members (excludes halogenated alkanes) is 1. The van der Waals surface area contributed by atoms with Gasteiger partial charge in [-0.2, -0.15) is 0 Å². The fourth-order valence-corrected chi connectivity index (χ4v) is 3.08. The molecule has 0 unspecified atom stereocenters. The van der Waals surface area contributed by atoms with Crippen molar-refractivity contribution in [2.75, 3.05) is 6.61 Å². The summed E-state index contributed by atoms with van der Waals surface area (Å²) >= 11 is 1.77. The summed E-state index contributed by atoms with van der Waals surface area (Å²) in [6.45, 7) is 2.97. The first-order valence-electron chi connectivity index (χ1n) is 7.74. The topological polar surface area (TPSA) is 9.23 Å². The molecule has 3 rings (SSSR count). The van der Waals surface area contributed by atoms with Gasteiger partial charge in [0.2, 0.25) is 0 Å². The van der Waals surface area contributed by atoms with Gasteiger partial charge < -0.3 is 4.74 Å². The lowest BCUT2D eigenvalue weighted by atomic mass is 10.0. The van der Waals surface area contributed by atoms with Crippen LogP contribution in [0.3, 0.4) is 0 Å². The van der Waals surface area contributed by atoms with E-state index in [-0.39, 0.29) is 0 Å². The Hall–Kier alpha value is -2.06. The summed E-state index contributed by atoms with van der Waals surface area (Å²) in [5, 5.41) is 2.11. The molecule has 0 aliphatic rings. The first kappa shape index (κ1) is 14.9. The van der Waals surface area contributed by atoms with Crippen molar-refractivity contribution in [3.63, 3.8) is 0 Å². The molecule has 0 bridgehead atoms. The number of ether oxygens (including phenoxy) is 1. The van der Waals surface area contributed by atoms with Crippen LogP contribution in [0.5, 0.6) is 5.75 Å². The molecule has 0 aliphatic carbocycles. The quantitative estimate of drug-likeness (QED) is 0.488. The summed E-state index contributed by atoms with van der Waals surface area (Å²) < 4.78 is 5.71. The van der Waals surface area contributed by atoms with E-state index in [1.807, 2.05) is 0 Å². The average molecular weight is 308 g/mol. The second-order valence-corrected chi connectivity index (χ2v) is 6.23. The van der Waals surface area contributed by atoms with Gasteiger partial charge in [-0.3, -0.25) is 0 Å². The highest BCUT2D eigenvalue weighted by atomic mass is 32.1. The van der Waals surface area contributed by atoms with Crippen molar-refractivity contribution in [2.24, 2.45) is 0 Å². The van der Waals surface area contributed by atoms with Gasteiger partial charge in [-0.05, 0) is 46.7 Å². The molecule has 0 fully saturated rings. The summed E-state index contributed by atoms with van der Waals surface area (Å²) in [6, 6.07) is 21.3. The molecular weight excluding hydrogens is 288 g/mol. The highest BCUT2D eigenvalue weighted by Gasteiger charge is 2.01. The molecule has 0 amide bonds. The maximum Gasteiger partial charge on any atom is 0.119 e. The SMILES string of the molecule is CCCCOc1ccc(-c2ccc(-c3cccs3)cc2)cc1. The van der Waals surface area contributed by atoms with Crippen molar-refractivity contribution in [1.29, 1.82) is 0 Å². The smallest absolute Gasteiger partial charge is 0.119 e. The molecule has 0 saturated heterocycles. The van der Waals surface area contributed by atoms with Gasteiger partial charge in [0.15, 0.2) is 0 Å². The first-order chi connectivity index (χ1) is 10.9. The number of thiophene rings is 1. The molecule has 1 nitrogen and oxygen atoms in total. The lowest BCUT2D eigenvalue weighted by molar-refractivity contribution is 0.309. The zero-order chi connectivity index (χ0) is 15.2. The van der Waals surface area contributed by atoms with E-state index in [0.29, 0.717) is 0 Å². The number of hydrogen-bond donors (Lipinski definition) is 0. The fraction of sp³-hybridized carbons (Fsp3) is 0.200. The third-order valence-electron chi connectivity index (χ3n) is 3.64. The normalized spacial score (nSPS) is 10.6. The summed E-state index contributed by atoms with van der Waals surface area (Å²) in [5.74, 6) is 0.951. The van der Waals surface area contributed by atoms with E-state index in [1.54, 1.807) is 11.3 Å². The van der Waals surface area contributed by atoms with Crippen LogP contribution in [0.25, 0.3) is 21.6 Å². The van der Waals surface area contributed by atoms with Crippen LogP contribution in [0.1, 0.15) is 19.8 Å². The second kappa shape index (κ2) is 7.28. The average Bonchev–Trinajstić information content (AvgIpc) is 3.11. The predicted octanol–water partition coefficient (Wildman–Crippen LogP) is 6.26. The maximum atomic E-state index is 5.71. The van der Waals surface area contributed by atoms with Gasteiger partial charge in [-0.1, -0.05) is 55.8 Å². The summed E-state index contributed by atoms with van der Waals surface area (Å²) in [4.78, 5) is 1.31.